The number of carbonyl (C=O) groups is 1. The van der Waals surface area contributed by atoms with Crippen LogP contribution in [0.2, 0.25) is 0 Å². The highest BCUT2D eigenvalue weighted by Gasteiger charge is 2.04. The molecule has 62 valence electrons. The van der Waals surface area contributed by atoms with Crippen molar-refractivity contribution in [1.82, 2.24) is 4.98 Å². The number of pyridine rings is 1. The molecule has 0 saturated carbocycles. The summed E-state index contributed by atoms with van der Waals surface area (Å²) in [7, 11) is 1.48. The van der Waals surface area contributed by atoms with E-state index in [1.807, 2.05) is 0 Å². The fourth-order valence-electron chi connectivity index (χ4n) is 0.729. The molecule has 0 spiro atoms. The normalized spacial score (nSPS) is 9.08. The Morgan fingerprint density at radius 3 is 3.00 bits per heavy atom. The molecule has 4 nitrogen and oxygen atoms in total. The molecule has 0 aromatic carbocycles. The number of aliphatic imine (C=N–C) groups is 1. The van der Waals surface area contributed by atoms with E-state index in [1.165, 1.54) is 7.11 Å². The summed E-state index contributed by atoms with van der Waals surface area (Å²) in [5.41, 5.74) is 0.240. The van der Waals surface area contributed by atoms with Crippen molar-refractivity contribution in [2.45, 2.75) is 0 Å². The summed E-state index contributed by atoms with van der Waals surface area (Å²) in [6.45, 7) is 3.11. The number of rotatable bonds is 2. The molecule has 0 unspecified atom stereocenters. The van der Waals surface area contributed by atoms with Gasteiger partial charge in [-0.25, -0.2) is 9.98 Å². The highest BCUT2D eigenvalue weighted by Crippen LogP contribution is 2.06. The van der Waals surface area contributed by atoms with Crippen LogP contribution >= 0.6 is 0 Å². The van der Waals surface area contributed by atoms with E-state index in [0.29, 0.717) is 5.88 Å². The van der Waals surface area contributed by atoms with Gasteiger partial charge in [-0.05, 0) is 12.8 Å². The molecule has 1 aromatic rings. The second-order valence-electron chi connectivity index (χ2n) is 2.03. The standard InChI is InChI=1S/C8H8N2O2/c1-9-8(11)6-4-3-5-7(10-6)12-2/h3-5H,1H2,2H3. The summed E-state index contributed by atoms with van der Waals surface area (Å²) < 4.78 is 4.82. The number of aromatic nitrogens is 1. The maximum Gasteiger partial charge on any atom is 0.295 e. The Morgan fingerprint density at radius 1 is 1.67 bits per heavy atom. The van der Waals surface area contributed by atoms with Crippen LogP contribution in [0.3, 0.4) is 0 Å². The molecule has 1 amide bonds. The second kappa shape index (κ2) is 3.61. The first-order valence-corrected chi connectivity index (χ1v) is 3.30. The van der Waals surface area contributed by atoms with E-state index < -0.39 is 5.91 Å². The topological polar surface area (TPSA) is 51.5 Å². The SMILES string of the molecule is C=NC(=O)c1cccc(OC)n1. The van der Waals surface area contributed by atoms with Gasteiger partial charge >= 0.3 is 0 Å². The van der Waals surface area contributed by atoms with Crippen molar-refractivity contribution in [1.29, 1.82) is 0 Å². The lowest BCUT2D eigenvalue weighted by Gasteiger charge is -1.98. The summed E-state index contributed by atoms with van der Waals surface area (Å²) >= 11 is 0. The van der Waals surface area contributed by atoms with Crippen molar-refractivity contribution >= 4 is 12.6 Å². The summed E-state index contributed by atoms with van der Waals surface area (Å²) in [6, 6.07) is 4.88. The lowest BCUT2D eigenvalue weighted by atomic mass is 10.3. The predicted octanol–water partition coefficient (Wildman–Crippen LogP) is 0.931. The Bertz CT molecular complexity index is 310. The third-order valence-corrected chi connectivity index (χ3v) is 1.30. The van der Waals surface area contributed by atoms with E-state index in [0.717, 1.165) is 0 Å². The van der Waals surface area contributed by atoms with Crippen LogP contribution in [0.1, 0.15) is 10.5 Å². The third-order valence-electron chi connectivity index (χ3n) is 1.30. The van der Waals surface area contributed by atoms with E-state index >= 15 is 0 Å². The van der Waals surface area contributed by atoms with Crippen molar-refractivity contribution in [3.8, 4) is 5.88 Å². The van der Waals surface area contributed by atoms with Crippen LogP contribution in [0.25, 0.3) is 0 Å². The van der Waals surface area contributed by atoms with Crippen molar-refractivity contribution in [3.05, 3.63) is 23.9 Å². The van der Waals surface area contributed by atoms with Gasteiger partial charge in [0.15, 0.2) is 0 Å². The minimum Gasteiger partial charge on any atom is -0.481 e. The highest BCUT2D eigenvalue weighted by atomic mass is 16.5. The molecule has 0 radical (unpaired) electrons. The molecule has 0 aliphatic carbocycles. The molecule has 0 aliphatic heterocycles. The highest BCUT2D eigenvalue weighted by molar-refractivity contribution is 5.95. The average Bonchev–Trinajstić information content (AvgIpc) is 2.17. The summed E-state index contributed by atoms with van der Waals surface area (Å²) in [5.74, 6) is -0.0570. The monoisotopic (exact) mass is 164 g/mol. The maximum absolute atomic E-state index is 10.9. The molecule has 0 N–H and O–H groups in total. The zero-order chi connectivity index (χ0) is 8.97. The first-order chi connectivity index (χ1) is 5.77. The van der Waals surface area contributed by atoms with Crippen molar-refractivity contribution < 1.29 is 9.53 Å². The number of hydrogen-bond acceptors (Lipinski definition) is 3. The zero-order valence-corrected chi connectivity index (χ0v) is 6.65. The molecule has 4 heteroatoms. The van der Waals surface area contributed by atoms with E-state index in [2.05, 4.69) is 16.7 Å². The molecule has 1 rings (SSSR count). The van der Waals surface area contributed by atoms with Gasteiger partial charge in [0.25, 0.3) is 5.91 Å². The molecular weight excluding hydrogens is 156 g/mol. The quantitative estimate of drug-likeness (QED) is 0.611. The predicted molar refractivity (Wildman–Crippen MR) is 44.7 cm³/mol. The van der Waals surface area contributed by atoms with E-state index in [1.54, 1.807) is 18.2 Å². The van der Waals surface area contributed by atoms with Crippen LogP contribution in [-0.4, -0.2) is 24.7 Å². The van der Waals surface area contributed by atoms with Gasteiger partial charge in [0.2, 0.25) is 5.88 Å². The molecule has 0 aliphatic rings. The fourth-order valence-corrected chi connectivity index (χ4v) is 0.729. The van der Waals surface area contributed by atoms with Crippen LogP contribution in [0.4, 0.5) is 0 Å². The second-order valence-corrected chi connectivity index (χ2v) is 2.03. The number of nitrogens with zero attached hydrogens (tertiary/aromatic N) is 2. The molecule has 12 heavy (non-hydrogen) atoms. The van der Waals surface area contributed by atoms with Crippen molar-refractivity contribution in [2.24, 2.45) is 4.99 Å². The minimum absolute atomic E-state index is 0.240. The van der Waals surface area contributed by atoms with Gasteiger partial charge < -0.3 is 4.74 Å². The summed E-state index contributed by atoms with van der Waals surface area (Å²) in [6.07, 6.45) is 0. The third kappa shape index (κ3) is 1.66. The summed E-state index contributed by atoms with van der Waals surface area (Å²) in [5, 5.41) is 0. The first kappa shape index (κ1) is 8.39. The number of hydrogen-bond donors (Lipinski definition) is 0. The van der Waals surface area contributed by atoms with Crippen LogP contribution in [0, 0.1) is 0 Å². The van der Waals surface area contributed by atoms with Gasteiger partial charge in [-0.2, -0.15) is 0 Å². The van der Waals surface area contributed by atoms with Gasteiger partial charge in [0.05, 0.1) is 7.11 Å². The maximum atomic E-state index is 10.9. The Labute approximate surface area is 69.9 Å². The summed E-state index contributed by atoms with van der Waals surface area (Å²) in [4.78, 5) is 18.0. The molecule has 0 atom stereocenters. The molecule has 1 aromatic heterocycles. The van der Waals surface area contributed by atoms with Gasteiger partial charge in [0.1, 0.15) is 5.69 Å². The number of methoxy groups -OCH3 is 1. The Morgan fingerprint density at radius 2 is 2.42 bits per heavy atom. The van der Waals surface area contributed by atoms with Crippen molar-refractivity contribution in [3.63, 3.8) is 0 Å². The molecule has 0 bridgehead atoms. The van der Waals surface area contributed by atoms with Gasteiger partial charge in [-0.15, -0.1) is 0 Å². The molecule has 0 saturated heterocycles. The zero-order valence-electron chi connectivity index (χ0n) is 6.65. The smallest absolute Gasteiger partial charge is 0.295 e. The minimum atomic E-state index is -0.450. The van der Waals surface area contributed by atoms with E-state index in [9.17, 15) is 4.79 Å². The number of carbonyl (C=O) groups excluding carboxylic acids is 1. The van der Waals surface area contributed by atoms with Crippen LogP contribution in [0.5, 0.6) is 5.88 Å². The van der Waals surface area contributed by atoms with Gasteiger partial charge in [-0.3, -0.25) is 4.79 Å². The lowest BCUT2D eigenvalue weighted by Crippen LogP contribution is -1.99. The van der Waals surface area contributed by atoms with Crippen LogP contribution in [0.15, 0.2) is 23.2 Å². The Kier molecular flexibility index (Phi) is 2.53. The lowest BCUT2D eigenvalue weighted by molar-refractivity contribution is 0.0998. The van der Waals surface area contributed by atoms with Gasteiger partial charge in [0, 0.05) is 6.07 Å². The largest absolute Gasteiger partial charge is 0.481 e. The molecule has 0 fully saturated rings. The van der Waals surface area contributed by atoms with E-state index in [-0.39, 0.29) is 5.69 Å². The Balaban J connectivity index is 3.01. The van der Waals surface area contributed by atoms with E-state index in [4.69, 9.17) is 4.74 Å². The van der Waals surface area contributed by atoms with Crippen molar-refractivity contribution in [2.75, 3.05) is 7.11 Å². The fraction of sp³-hybridized carbons (Fsp3) is 0.125. The molecule has 1 heterocycles. The van der Waals surface area contributed by atoms with Crippen LogP contribution in [-0.2, 0) is 0 Å². The number of ether oxygens (including phenoxy) is 1. The first-order valence-electron chi connectivity index (χ1n) is 3.30. The van der Waals surface area contributed by atoms with Crippen LogP contribution < -0.4 is 4.74 Å². The average molecular weight is 164 g/mol. The van der Waals surface area contributed by atoms with Gasteiger partial charge in [-0.1, -0.05) is 6.07 Å². The molecular formula is C8H8N2O2. The number of amides is 1. The Hall–Kier alpha value is -1.71.